The second-order valence-corrected chi connectivity index (χ2v) is 5.98. The maximum absolute atomic E-state index is 5.50. The second kappa shape index (κ2) is 6.15. The van der Waals surface area contributed by atoms with Crippen LogP contribution in [0.2, 0.25) is 0 Å². The lowest BCUT2D eigenvalue weighted by molar-refractivity contribution is -0.00166. The van der Waals surface area contributed by atoms with Crippen LogP contribution in [-0.4, -0.2) is 36.0 Å². The molecule has 1 aliphatic rings. The molecule has 90 valence electrons. The highest BCUT2D eigenvalue weighted by Crippen LogP contribution is 2.21. The maximum atomic E-state index is 5.50. The van der Waals surface area contributed by atoms with Gasteiger partial charge in [-0.05, 0) is 18.6 Å². The van der Waals surface area contributed by atoms with Gasteiger partial charge in [0.25, 0.3) is 0 Å². The van der Waals surface area contributed by atoms with Crippen molar-refractivity contribution in [1.29, 1.82) is 0 Å². The van der Waals surface area contributed by atoms with Gasteiger partial charge in [0, 0.05) is 34.2 Å². The zero-order valence-corrected chi connectivity index (χ0v) is 12.0. The summed E-state index contributed by atoms with van der Waals surface area (Å²) in [5, 5.41) is 0.999. The lowest BCUT2D eigenvalue weighted by Crippen LogP contribution is -2.45. The molecule has 1 atom stereocenters. The molecule has 0 N–H and O–H groups in total. The number of aryl methyl sites for hydroxylation is 1. The summed E-state index contributed by atoms with van der Waals surface area (Å²) in [4.78, 5) is 5.48. The van der Waals surface area contributed by atoms with Gasteiger partial charge in [0.15, 0.2) is 0 Å². The highest BCUT2D eigenvalue weighted by molar-refractivity contribution is 9.09. The van der Waals surface area contributed by atoms with Crippen LogP contribution in [0.3, 0.4) is 0 Å². The quantitative estimate of drug-likeness (QED) is 0.793. The summed E-state index contributed by atoms with van der Waals surface area (Å²) in [6, 6.07) is 5.05. The van der Waals surface area contributed by atoms with Gasteiger partial charge in [0.2, 0.25) is 0 Å². The molecular formula is C12H18BrNOS. The molecule has 1 aromatic rings. The Bertz CT molecular complexity index is 329. The molecule has 0 saturated carbocycles. The predicted octanol–water partition coefficient (Wildman–Crippen LogP) is 2.91. The molecular weight excluding hydrogens is 286 g/mol. The molecule has 0 bridgehead atoms. The molecule has 1 fully saturated rings. The van der Waals surface area contributed by atoms with Gasteiger partial charge in [-0.2, -0.15) is 0 Å². The fourth-order valence-corrected chi connectivity index (χ4v) is 3.52. The predicted molar refractivity (Wildman–Crippen MR) is 72.5 cm³/mol. The van der Waals surface area contributed by atoms with E-state index in [1.807, 2.05) is 11.3 Å². The summed E-state index contributed by atoms with van der Waals surface area (Å²) in [6.07, 6.45) is 1.15. The van der Waals surface area contributed by atoms with Crippen LogP contribution >= 0.6 is 27.3 Å². The Labute approximate surface area is 110 Å². The summed E-state index contributed by atoms with van der Waals surface area (Å²) in [5.41, 5.74) is 0. The van der Waals surface area contributed by atoms with E-state index in [0.717, 1.165) is 38.1 Å². The standard InChI is InChI=1S/C12H18BrNOS/c1-2-11-3-4-12(16-11)8-14-5-6-15-9-10(14)7-13/h3-4,10H,2,5-9H2,1H3. The Morgan fingerprint density at radius 3 is 3.00 bits per heavy atom. The smallest absolute Gasteiger partial charge is 0.0630 e. The molecule has 1 saturated heterocycles. The van der Waals surface area contributed by atoms with Crippen molar-refractivity contribution in [2.24, 2.45) is 0 Å². The average molecular weight is 304 g/mol. The molecule has 1 aromatic heterocycles. The van der Waals surface area contributed by atoms with Crippen LogP contribution in [-0.2, 0) is 17.7 Å². The first-order chi connectivity index (χ1) is 7.83. The molecule has 0 aromatic carbocycles. The van der Waals surface area contributed by atoms with Gasteiger partial charge in [-0.3, -0.25) is 4.90 Å². The van der Waals surface area contributed by atoms with E-state index in [0.29, 0.717) is 6.04 Å². The van der Waals surface area contributed by atoms with Gasteiger partial charge in [-0.15, -0.1) is 11.3 Å². The molecule has 0 spiro atoms. The van der Waals surface area contributed by atoms with E-state index in [9.17, 15) is 0 Å². The third-order valence-electron chi connectivity index (χ3n) is 2.95. The number of alkyl halides is 1. The third-order valence-corrected chi connectivity index (χ3v) is 4.91. The van der Waals surface area contributed by atoms with Gasteiger partial charge in [0.05, 0.1) is 13.2 Å². The van der Waals surface area contributed by atoms with E-state index in [4.69, 9.17) is 4.74 Å². The highest BCUT2D eigenvalue weighted by Gasteiger charge is 2.22. The Morgan fingerprint density at radius 1 is 1.50 bits per heavy atom. The SMILES string of the molecule is CCc1ccc(CN2CCOCC2CBr)s1. The highest BCUT2D eigenvalue weighted by atomic mass is 79.9. The van der Waals surface area contributed by atoms with Gasteiger partial charge >= 0.3 is 0 Å². The van der Waals surface area contributed by atoms with Crippen molar-refractivity contribution in [3.63, 3.8) is 0 Å². The van der Waals surface area contributed by atoms with Crippen molar-refractivity contribution in [3.8, 4) is 0 Å². The molecule has 0 aliphatic carbocycles. The Hall–Kier alpha value is 0.1000. The monoisotopic (exact) mass is 303 g/mol. The number of nitrogens with zero attached hydrogens (tertiary/aromatic N) is 1. The van der Waals surface area contributed by atoms with E-state index in [-0.39, 0.29) is 0 Å². The second-order valence-electron chi connectivity index (χ2n) is 4.08. The lowest BCUT2D eigenvalue weighted by Gasteiger charge is -2.34. The molecule has 1 aliphatic heterocycles. The van der Waals surface area contributed by atoms with E-state index >= 15 is 0 Å². The molecule has 0 amide bonds. The number of ether oxygens (including phenoxy) is 1. The molecule has 2 rings (SSSR count). The number of rotatable bonds is 4. The van der Waals surface area contributed by atoms with Gasteiger partial charge in [0.1, 0.15) is 0 Å². The van der Waals surface area contributed by atoms with Crippen LogP contribution in [0.4, 0.5) is 0 Å². The van der Waals surface area contributed by atoms with Crippen LogP contribution in [0.5, 0.6) is 0 Å². The number of hydrogen-bond acceptors (Lipinski definition) is 3. The van der Waals surface area contributed by atoms with E-state index in [1.165, 1.54) is 9.75 Å². The average Bonchev–Trinajstić information content (AvgIpc) is 2.77. The Balaban J connectivity index is 1.96. The largest absolute Gasteiger partial charge is 0.378 e. The van der Waals surface area contributed by atoms with Gasteiger partial charge in [-0.1, -0.05) is 22.9 Å². The zero-order chi connectivity index (χ0) is 11.4. The summed E-state index contributed by atoms with van der Waals surface area (Å²) >= 11 is 5.51. The van der Waals surface area contributed by atoms with E-state index in [2.05, 4.69) is 39.9 Å². The van der Waals surface area contributed by atoms with Crippen LogP contribution < -0.4 is 0 Å². The Morgan fingerprint density at radius 2 is 2.31 bits per heavy atom. The lowest BCUT2D eigenvalue weighted by atomic mass is 10.2. The van der Waals surface area contributed by atoms with Crippen molar-refractivity contribution in [1.82, 2.24) is 4.90 Å². The van der Waals surface area contributed by atoms with Crippen molar-refractivity contribution in [2.75, 3.05) is 25.1 Å². The third kappa shape index (κ3) is 3.06. The zero-order valence-electron chi connectivity index (χ0n) is 9.62. The molecule has 0 radical (unpaired) electrons. The maximum Gasteiger partial charge on any atom is 0.0630 e. The van der Waals surface area contributed by atoms with Crippen LogP contribution in [0.15, 0.2) is 12.1 Å². The molecule has 2 heterocycles. The number of halogens is 1. The van der Waals surface area contributed by atoms with Gasteiger partial charge in [-0.25, -0.2) is 0 Å². The summed E-state index contributed by atoms with van der Waals surface area (Å²) < 4.78 is 5.50. The topological polar surface area (TPSA) is 12.5 Å². The minimum absolute atomic E-state index is 0.529. The van der Waals surface area contributed by atoms with Crippen molar-refractivity contribution >= 4 is 27.3 Å². The fraction of sp³-hybridized carbons (Fsp3) is 0.667. The molecule has 1 unspecified atom stereocenters. The number of hydrogen-bond donors (Lipinski definition) is 0. The van der Waals surface area contributed by atoms with Crippen molar-refractivity contribution in [3.05, 3.63) is 21.9 Å². The van der Waals surface area contributed by atoms with Crippen LogP contribution in [0.1, 0.15) is 16.7 Å². The first kappa shape index (κ1) is 12.6. The van der Waals surface area contributed by atoms with Crippen molar-refractivity contribution in [2.45, 2.75) is 25.9 Å². The summed E-state index contributed by atoms with van der Waals surface area (Å²) in [6.45, 7) is 6.07. The summed E-state index contributed by atoms with van der Waals surface area (Å²) in [5.74, 6) is 0. The fourth-order valence-electron chi connectivity index (χ4n) is 1.94. The van der Waals surface area contributed by atoms with E-state index < -0.39 is 0 Å². The first-order valence-corrected chi connectivity index (χ1v) is 7.72. The van der Waals surface area contributed by atoms with Crippen LogP contribution in [0.25, 0.3) is 0 Å². The van der Waals surface area contributed by atoms with Gasteiger partial charge < -0.3 is 4.74 Å². The molecule has 2 nitrogen and oxygen atoms in total. The Kier molecular flexibility index (Phi) is 4.82. The number of thiophene rings is 1. The van der Waals surface area contributed by atoms with Crippen LogP contribution in [0, 0.1) is 0 Å². The number of morpholine rings is 1. The molecule has 16 heavy (non-hydrogen) atoms. The van der Waals surface area contributed by atoms with Crippen molar-refractivity contribution < 1.29 is 4.74 Å². The van der Waals surface area contributed by atoms with E-state index in [1.54, 1.807) is 0 Å². The summed E-state index contributed by atoms with van der Waals surface area (Å²) in [7, 11) is 0. The first-order valence-electron chi connectivity index (χ1n) is 5.78. The minimum atomic E-state index is 0.529. The normalized spacial score (nSPS) is 22.5. The molecule has 4 heteroatoms. The minimum Gasteiger partial charge on any atom is -0.378 e.